The molecule has 196 valence electrons. The van der Waals surface area contributed by atoms with E-state index >= 15 is 0 Å². The number of nitrogens with one attached hydrogen (secondary N) is 1. The number of hydrogen-bond donors (Lipinski definition) is 2. The molecule has 0 aliphatic carbocycles. The third kappa shape index (κ3) is 25.8. The van der Waals surface area contributed by atoms with Crippen LogP contribution in [0.2, 0.25) is 0 Å². The van der Waals surface area contributed by atoms with Gasteiger partial charge in [0.05, 0.1) is 13.8 Å². The molecular weight excluding hydrogens is 514 g/mol. The number of aliphatic hydroxyl groups is 2. The predicted octanol–water partition coefficient (Wildman–Crippen LogP) is 3.71. The molecule has 0 aromatic rings. The maximum absolute atomic E-state index is 9.10. The van der Waals surface area contributed by atoms with E-state index in [1.54, 1.807) is 27.7 Å². The Bertz CT molecular complexity index is 537. The average Bonchev–Trinajstić information content (AvgIpc) is 2.64. The van der Waals surface area contributed by atoms with Crippen LogP contribution in [0.15, 0.2) is 22.7 Å². The van der Waals surface area contributed by atoms with Crippen LogP contribution >= 0.6 is 23.2 Å². The van der Waals surface area contributed by atoms with Crippen LogP contribution in [-0.2, 0) is 16.8 Å². The van der Waals surface area contributed by atoms with E-state index in [1.165, 1.54) is 0 Å². The minimum absolute atomic E-state index is 0. The molecule has 0 fully saturated rings. The first kappa shape index (κ1) is 39.6. The van der Waals surface area contributed by atoms with Gasteiger partial charge in [0.1, 0.15) is 22.7 Å². The van der Waals surface area contributed by atoms with Crippen molar-refractivity contribution in [2.75, 3.05) is 79.2 Å². The normalized spacial score (nSPS) is 12.1. The fourth-order valence-electron chi connectivity index (χ4n) is 2.35. The van der Waals surface area contributed by atoms with Crippen molar-refractivity contribution in [2.45, 2.75) is 27.7 Å². The van der Waals surface area contributed by atoms with Crippen LogP contribution in [0.1, 0.15) is 27.7 Å². The molecule has 0 atom stereocenters. The average molecular weight is 559 g/mol. The van der Waals surface area contributed by atoms with Crippen LogP contribution in [0.3, 0.4) is 0 Å². The number of ketones is 2. The molecule has 11 heteroatoms. The third-order valence-corrected chi connectivity index (χ3v) is 4.26. The topological polar surface area (TPSA) is 117 Å². The van der Waals surface area contributed by atoms with Gasteiger partial charge in [-0.3, -0.25) is 9.59 Å². The van der Waals surface area contributed by atoms with E-state index in [4.69, 9.17) is 48.7 Å². The Morgan fingerprint density at radius 3 is 1.15 bits per heavy atom. The molecule has 0 spiro atoms. The molecule has 0 radical (unpaired) electrons. The number of alkyl halides is 2. The van der Waals surface area contributed by atoms with Crippen molar-refractivity contribution in [1.82, 2.24) is 14.7 Å². The number of hydrogen-bond acceptors (Lipinski definition) is 5. The van der Waals surface area contributed by atoms with Gasteiger partial charge in [-0.15, -0.1) is 29.7 Å². The van der Waals surface area contributed by atoms with Crippen LogP contribution in [0.4, 0.5) is 0 Å². The van der Waals surface area contributed by atoms with E-state index in [-0.39, 0.29) is 39.9 Å². The zero-order chi connectivity index (χ0) is 25.9. The van der Waals surface area contributed by atoms with Crippen molar-refractivity contribution < 1.29 is 36.6 Å². The molecule has 0 aromatic heterocycles. The zero-order valence-electron chi connectivity index (χ0n) is 21.4. The van der Waals surface area contributed by atoms with Crippen LogP contribution in [0.5, 0.6) is 0 Å². The predicted molar refractivity (Wildman–Crippen MR) is 140 cm³/mol. The Hall–Kier alpha value is -0.654. The monoisotopic (exact) mass is 558 g/mol. The van der Waals surface area contributed by atoms with E-state index in [0.29, 0.717) is 42.5 Å². The number of carbonyl (C=O) groups excluding carboxylic acids is 2. The SMILES string of the molecule is CC(=[OH+])/C(CN(C)C)=C(/C)O.CC(=[OH+])/C(CN(C)C)=C(/C)O.[Co+3].[NH-]CCN(CCCl)CCCl. The molecule has 0 rings (SSSR count). The molecule has 0 bridgehead atoms. The summed E-state index contributed by atoms with van der Waals surface area (Å²) in [5, 5.41) is 18.2. The number of aliphatic hydroxyl groups excluding tert-OH is 2. The Kier molecular flexibility index (Phi) is 29.3. The molecule has 0 saturated carbocycles. The van der Waals surface area contributed by atoms with Crippen molar-refractivity contribution in [3.63, 3.8) is 0 Å². The number of nitrogens with zero attached hydrogens (tertiary/aromatic N) is 3. The summed E-state index contributed by atoms with van der Waals surface area (Å²) in [6, 6.07) is 0. The van der Waals surface area contributed by atoms with Crippen molar-refractivity contribution in [3.05, 3.63) is 28.4 Å². The summed E-state index contributed by atoms with van der Waals surface area (Å²) >= 11 is 11.0. The second-order valence-corrected chi connectivity index (χ2v) is 8.50. The first-order valence-corrected chi connectivity index (χ1v) is 11.4. The summed E-state index contributed by atoms with van der Waals surface area (Å²) in [5.74, 6) is 1.96. The quantitative estimate of drug-likeness (QED) is 0.164. The maximum Gasteiger partial charge on any atom is 3.00 e. The van der Waals surface area contributed by atoms with Gasteiger partial charge in [0, 0.05) is 37.9 Å². The summed E-state index contributed by atoms with van der Waals surface area (Å²) in [5.41, 5.74) is 8.15. The van der Waals surface area contributed by atoms with E-state index < -0.39 is 0 Å². The third-order valence-electron chi connectivity index (χ3n) is 3.93. The summed E-state index contributed by atoms with van der Waals surface area (Å²) in [4.78, 5) is 24.1. The van der Waals surface area contributed by atoms with E-state index in [9.17, 15) is 0 Å². The summed E-state index contributed by atoms with van der Waals surface area (Å²) < 4.78 is 0. The van der Waals surface area contributed by atoms with Gasteiger partial charge in [0.15, 0.2) is 0 Å². The Labute approximate surface area is 220 Å². The number of halogens is 2. The minimum atomic E-state index is 0. The number of allylic oxidation sites excluding steroid dienone is 2. The van der Waals surface area contributed by atoms with Crippen LogP contribution < -0.4 is 0 Å². The molecule has 0 heterocycles. The van der Waals surface area contributed by atoms with Gasteiger partial charge >= 0.3 is 28.3 Å². The number of likely N-dealkylation sites (N-methyl/N-ethyl adjacent to an activating group) is 2. The Balaban J connectivity index is -0.000000189. The standard InChI is InChI=1S/2C8H15NO2.C6H13Cl2N2.Co/c2*1-6(10)8(7(2)11)5-9(3)4;7-1-4-10(5-2-8)6-3-9;/h2*10H,5H2,1-4H3;9H,1-6H2;/q;;-1;+3/p+2/b2*8-6-;;. The molecule has 0 saturated heterocycles. The van der Waals surface area contributed by atoms with Crippen LogP contribution in [-0.4, -0.2) is 125 Å². The van der Waals surface area contributed by atoms with Crippen molar-refractivity contribution in [1.29, 1.82) is 0 Å². The first-order chi connectivity index (χ1) is 14.7. The van der Waals surface area contributed by atoms with Crippen LogP contribution in [0, 0.1) is 0 Å². The smallest absolute Gasteiger partial charge is 0.676 e. The summed E-state index contributed by atoms with van der Waals surface area (Å²) in [6.07, 6.45) is 0. The van der Waals surface area contributed by atoms with E-state index in [2.05, 4.69) is 4.90 Å². The molecule has 0 aliphatic heterocycles. The van der Waals surface area contributed by atoms with Crippen molar-refractivity contribution in [3.8, 4) is 0 Å². The van der Waals surface area contributed by atoms with Crippen molar-refractivity contribution >= 4 is 34.8 Å². The zero-order valence-corrected chi connectivity index (χ0v) is 23.9. The van der Waals surface area contributed by atoms with E-state index in [1.807, 2.05) is 38.0 Å². The van der Waals surface area contributed by atoms with Gasteiger partial charge in [-0.1, -0.05) is 0 Å². The second-order valence-electron chi connectivity index (χ2n) is 7.74. The minimum Gasteiger partial charge on any atom is -0.676 e. The Morgan fingerprint density at radius 1 is 0.727 bits per heavy atom. The summed E-state index contributed by atoms with van der Waals surface area (Å²) in [6.45, 7) is 10.3. The van der Waals surface area contributed by atoms with Crippen LogP contribution in [0.25, 0.3) is 5.73 Å². The maximum atomic E-state index is 9.10. The van der Waals surface area contributed by atoms with Gasteiger partial charge in [-0.25, -0.2) is 0 Å². The molecule has 0 aromatic carbocycles. The fourth-order valence-corrected chi connectivity index (χ4v) is 2.82. The largest absolute Gasteiger partial charge is 3.00 e. The molecule has 5 N–H and O–H groups in total. The van der Waals surface area contributed by atoms with Gasteiger partial charge in [-0.05, 0) is 48.6 Å². The molecule has 8 nitrogen and oxygen atoms in total. The fraction of sp³-hybridized carbons (Fsp3) is 0.727. The van der Waals surface area contributed by atoms with Gasteiger partial charge in [0.2, 0.25) is 0 Å². The van der Waals surface area contributed by atoms with Gasteiger partial charge in [0.25, 0.3) is 0 Å². The number of rotatable bonds is 12. The van der Waals surface area contributed by atoms with Gasteiger partial charge < -0.3 is 30.6 Å². The van der Waals surface area contributed by atoms with Crippen molar-refractivity contribution in [2.24, 2.45) is 0 Å². The first-order valence-electron chi connectivity index (χ1n) is 10.4. The molecule has 0 unspecified atom stereocenters. The molecular formula is C22H45Cl2CoN4O4+4. The van der Waals surface area contributed by atoms with E-state index in [0.717, 1.165) is 19.6 Å². The summed E-state index contributed by atoms with van der Waals surface area (Å²) in [7, 11) is 7.52. The molecule has 0 amide bonds. The second kappa shape index (κ2) is 24.5. The molecule has 0 aliphatic rings. The Morgan fingerprint density at radius 2 is 1.03 bits per heavy atom. The van der Waals surface area contributed by atoms with Gasteiger partial charge in [-0.2, -0.15) is 0 Å². The molecule has 33 heavy (non-hydrogen) atoms.